The Morgan fingerprint density at radius 1 is 1.31 bits per heavy atom. The summed E-state index contributed by atoms with van der Waals surface area (Å²) >= 11 is 0. The zero-order chi connectivity index (χ0) is 12.0. The SMILES string of the molecule is CCNC(CCc1ccc(C)nc1)C(C)C. The molecule has 2 heteroatoms. The maximum absolute atomic E-state index is 4.33. The van der Waals surface area contributed by atoms with Gasteiger partial charge in [0.1, 0.15) is 0 Å². The first-order valence-corrected chi connectivity index (χ1v) is 6.28. The molecule has 0 spiro atoms. The molecular formula is C14H24N2. The van der Waals surface area contributed by atoms with Crippen molar-refractivity contribution in [2.75, 3.05) is 6.54 Å². The molecular weight excluding hydrogens is 196 g/mol. The number of rotatable bonds is 6. The molecule has 0 aliphatic heterocycles. The molecule has 1 atom stereocenters. The van der Waals surface area contributed by atoms with E-state index in [1.54, 1.807) is 0 Å². The van der Waals surface area contributed by atoms with E-state index in [4.69, 9.17) is 0 Å². The largest absolute Gasteiger partial charge is 0.314 e. The highest BCUT2D eigenvalue weighted by Crippen LogP contribution is 2.11. The van der Waals surface area contributed by atoms with Crippen LogP contribution in [0.25, 0.3) is 0 Å². The predicted molar refractivity (Wildman–Crippen MR) is 69.6 cm³/mol. The normalized spacial score (nSPS) is 13.1. The molecule has 0 aromatic carbocycles. The smallest absolute Gasteiger partial charge is 0.0372 e. The van der Waals surface area contributed by atoms with E-state index in [1.165, 1.54) is 12.0 Å². The lowest BCUT2D eigenvalue weighted by atomic mass is 9.97. The zero-order valence-electron chi connectivity index (χ0n) is 11.0. The van der Waals surface area contributed by atoms with Gasteiger partial charge >= 0.3 is 0 Å². The van der Waals surface area contributed by atoms with Crippen LogP contribution in [0.15, 0.2) is 18.3 Å². The minimum Gasteiger partial charge on any atom is -0.314 e. The molecule has 2 nitrogen and oxygen atoms in total. The van der Waals surface area contributed by atoms with Crippen molar-refractivity contribution in [3.63, 3.8) is 0 Å². The number of hydrogen-bond acceptors (Lipinski definition) is 2. The summed E-state index contributed by atoms with van der Waals surface area (Å²) < 4.78 is 0. The maximum Gasteiger partial charge on any atom is 0.0372 e. The van der Waals surface area contributed by atoms with Crippen LogP contribution in [0.2, 0.25) is 0 Å². The van der Waals surface area contributed by atoms with E-state index in [2.05, 4.69) is 43.2 Å². The molecule has 0 saturated carbocycles. The standard InChI is InChI=1S/C14H24N2/c1-5-15-14(11(2)3)9-8-13-7-6-12(4)16-10-13/h6-7,10-11,14-15H,5,8-9H2,1-4H3. The molecule has 0 radical (unpaired) electrons. The van der Waals surface area contributed by atoms with E-state index >= 15 is 0 Å². The third kappa shape index (κ3) is 4.31. The predicted octanol–water partition coefficient (Wildman–Crippen LogP) is 2.96. The van der Waals surface area contributed by atoms with Crippen molar-refractivity contribution >= 4 is 0 Å². The van der Waals surface area contributed by atoms with E-state index < -0.39 is 0 Å². The van der Waals surface area contributed by atoms with Gasteiger partial charge in [-0.25, -0.2) is 0 Å². The number of aryl methyl sites for hydroxylation is 2. The van der Waals surface area contributed by atoms with Crippen LogP contribution in [0, 0.1) is 12.8 Å². The second kappa shape index (κ2) is 6.64. The fourth-order valence-electron chi connectivity index (χ4n) is 1.90. The summed E-state index contributed by atoms with van der Waals surface area (Å²) in [6, 6.07) is 4.89. The molecule has 0 fully saturated rings. The Morgan fingerprint density at radius 2 is 2.06 bits per heavy atom. The van der Waals surface area contributed by atoms with Crippen LogP contribution < -0.4 is 5.32 Å². The molecule has 0 saturated heterocycles. The number of nitrogens with one attached hydrogen (secondary N) is 1. The summed E-state index contributed by atoms with van der Waals surface area (Å²) in [5.74, 6) is 0.693. The van der Waals surface area contributed by atoms with Crippen molar-refractivity contribution < 1.29 is 0 Å². The molecule has 1 aromatic heterocycles. The van der Waals surface area contributed by atoms with E-state index in [1.807, 2.05) is 13.1 Å². The number of nitrogens with zero attached hydrogens (tertiary/aromatic N) is 1. The molecule has 0 aliphatic carbocycles. The molecule has 90 valence electrons. The maximum atomic E-state index is 4.33. The van der Waals surface area contributed by atoms with Crippen LogP contribution in [-0.4, -0.2) is 17.6 Å². The van der Waals surface area contributed by atoms with Gasteiger partial charge in [-0.05, 0) is 43.9 Å². The Kier molecular flexibility index (Phi) is 5.47. The highest BCUT2D eigenvalue weighted by atomic mass is 14.9. The van der Waals surface area contributed by atoms with E-state index in [0.29, 0.717) is 12.0 Å². The van der Waals surface area contributed by atoms with E-state index in [0.717, 1.165) is 18.7 Å². The third-order valence-electron chi connectivity index (χ3n) is 2.99. The summed E-state index contributed by atoms with van der Waals surface area (Å²) in [7, 11) is 0. The monoisotopic (exact) mass is 220 g/mol. The Labute approximate surface area is 99.5 Å². The Morgan fingerprint density at radius 3 is 2.56 bits per heavy atom. The van der Waals surface area contributed by atoms with Crippen molar-refractivity contribution in [2.24, 2.45) is 5.92 Å². The molecule has 0 aliphatic rings. The van der Waals surface area contributed by atoms with Crippen molar-refractivity contribution in [3.8, 4) is 0 Å². The number of pyridine rings is 1. The van der Waals surface area contributed by atoms with Crippen LogP contribution in [0.5, 0.6) is 0 Å². The average Bonchev–Trinajstić information content (AvgIpc) is 2.26. The van der Waals surface area contributed by atoms with E-state index in [9.17, 15) is 0 Å². The summed E-state index contributed by atoms with van der Waals surface area (Å²) in [6.07, 6.45) is 4.30. The van der Waals surface area contributed by atoms with Crippen LogP contribution in [-0.2, 0) is 6.42 Å². The summed E-state index contributed by atoms with van der Waals surface area (Å²) in [6.45, 7) is 9.80. The van der Waals surface area contributed by atoms with Gasteiger partial charge in [0.05, 0.1) is 0 Å². The Hall–Kier alpha value is -0.890. The second-order valence-corrected chi connectivity index (χ2v) is 4.75. The minimum atomic E-state index is 0.617. The summed E-state index contributed by atoms with van der Waals surface area (Å²) in [5, 5.41) is 3.54. The molecule has 0 amide bonds. The lowest BCUT2D eigenvalue weighted by Crippen LogP contribution is -2.34. The number of aromatic nitrogens is 1. The zero-order valence-corrected chi connectivity index (χ0v) is 11.0. The third-order valence-corrected chi connectivity index (χ3v) is 2.99. The van der Waals surface area contributed by atoms with Gasteiger partial charge in [-0.3, -0.25) is 4.98 Å². The lowest BCUT2D eigenvalue weighted by molar-refractivity contribution is 0.385. The highest BCUT2D eigenvalue weighted by molar-refractivity contribution is 5.13. The van der Waals surface area contributed by atoms with Crippen LogP contribution >= 0.6 is 0 Å². The van der Waals surface area contributed by atoms with Crippen LogP contribution in [0.1, 0.15) is 38.4 Å². The van der Waals surface area contributed by atoms with Gasteiger partial charge in [-0.2, -0.15) is 0 Å². The lowest BCUT2D eigenvalue weighted by Gasteiger charge is -2.21. The van der Waals surface area contributed by atoms with Gasteiger partial charge < -0.3 is 5.32 Å². The van der Waals surface area contributed by atoms with Gasteiger partial charge in [-0.1, -0.05) is 26.8 Å². The van der Waals surface area contributed by atoms with Crippen LogP contribution in [0.4, 0.5) is 0 Å². The highest BCUT2D eigenvalue weighted by Gasteiger charge is 2.11. The van der Waals surface area contributed by atoms with Crippen molar-refractivity contribution in [1.82, 2.24) is 10.3 Å². The summed E-state index contributed by atoms with van der Waals surface area (Å²) in [5.41, 5.74) is 2.44. The molecule has 1 aromatic rings. The fraction of sp³-hybridized carbons (Fsp3) is 0.643. The van der Waals surface area contributed by atoms with Crippen LogP contribution in [0.3, 0.4) is 0 Å². The fourth-order valence-corrected chi connectivity index (χ4v) is 1.90. The second-order valence-electron chi connectivity index (χ2n) is 4.75. The molecule has 1 heterocycles. The topological polar surface area (TPSA) is 24.9 Å². The molecule has 0 bridgehead atoms. The van der Waals surface area contributed by atoms with Crippen molar-refractivity contribution in [2.45, 2.75) is 46.6 Å². The van der Waals surface area contributed by atoms with Crippen molar-refractivity contribution in [3.05, 3.63) is 29.6 Å². The minimum absolute atomic E-state index is 0.617. The average molecular weight is 220 g/mol. The van der Waals surface area contributed by atoms with Gasteiger partial charge in [0.25, 0.3) is 0 Å². The van der Waals surface area contributed by atoms with Gasteiger partial charge in [-0.15, -0.1) is 0 Å². The summed E-state index contributed by atoms with van der Waals surface area (Å²) in [4.78, 5) is 4.33. The Bertz CT molecular complexity index is 290. The molecule has 1 unspecified atom stereocenters. The van der Waals surface area contributed by atoms with E-state index in [-0.39, 0.29) is 0 Å². The van der Waals surface area contributed by atoms with Crippen molar-refractivity contribution in [1.29, 1.82) is 0 Å². The molecule has 16 heavy (non-hydrogen) atoms. The Balaban J connectivity index is 2.45. The van der Waals surface area contributed by atoms with Gasteiger partial charge in [0.2, 0.25) is 0 Å². The van der Waals surface area contributed by atoms with Gasteiger partial charge in [0, 0.05) is 17.9 Å². The first-order chi connectivity index (χ1) is 7.63. The van der Waals surface area contributed by atoms with Gasteiger partial charge in [0.15, 0.2) is 0 Å². The first kappa shape index (κ1) is 13.2. The molecule has 1 N–H and O–H groups in total. The molecule has 1 rings (SSSR count). The number of hydrogen-bond donors (Lipinski definition) is 1. The quantitative estimate of drug-likeness (QED) is 0.797. The first-order valence-electron chi connectivity index (χ1n) is 6.28.